The normalized spacial score (nSPS) is 23.2. The van der Waals surface area contributed by atoms with Crippen molar-refractivity contribution in [1.82, 2.24) is 0 Å². The number of nitrogens with zero attached hydrogens (tertiary/aromatic N) is 1. The fourth-order valence-electron chi connectivity index (χ4n) is 0.820. The zero-order chi connectivity index (χ0) is 8.43. The number of ketones is 1. The van der Waals surface area contributed by atoms with Gasteiger partial charge in [0.2, 0.25) is 5.91 Å². The Morgan fingerprint density at radius 1 is 1.73 bits per heavy atom. The van der Waals surface area contributed by atoms with Crippen molar-refractivity contribution < 1.29 is 9.59 Å². The van der Waals surface area contributed by atoms with Crippen LogP contribution >= 0.6 is 0 Å². The van der Waals surface area contributed by atoms with Gasteiger partial charge in [-0.2, -0.15) is 0 Å². The van der Waals surface area contributed by atoms with Crippen LogP contribution in [0.5, 0.6) is 0 Å². The monoisotopic (exact) mass is 152 g/mol. The lowest BCUT2D eigenvalue weighted by molar-refractivity contribution is -0.127. The number of primary amides is 1. The van der Waals surface area contributed by atoms with E-state index in [-0.39, 0.29) is 5.78 Å². The van der Waals surface area contributed by atoms with Gasteiger partial charge >= 0.3 is 0 Å². The van der Waals surface area contributed by atoms with Crippen molar-refractivity contribution in [2.24, 2.45) is 16.6 Å². The number of Topliss-reactive ketones (excluding diaryl/α,β-unsaturated/α-hetero) is 1. The van der Waals surface area contributed by atoms with E-state index >= 15 is 0 Å². The van der Waals surface area contributed by atoms with Gasteiger partial charge in [0.25, 0.3) is 0 Å². The first-order valence-electron chi connectivity index (χ1n) is 3.16. The van der Waals surface area contributed by atoms with Gasteiger partial charge in [0.15, 0.2) is 5.78 Å². The predicted molar refractivity (Wildman–Crippen MR) is 39.9 cm³/mol. The summed E-state index contributed by atoms with van der Waals surface area (Å²) in [6.07, 6.45) is 2.68. The number of hydrogen-bond acceptors (Lipinski definition) is 3. The molecule has 0 fully saturated rings. The van der Waals surface area contributed by atoms with Gasteiger partial charge in [0, 0.05) is 18.0 Å². The Bertz CT molecular complexity index is 266. The Balaban J connectivity index is 2.90. The fourth-order valence-corrected chi connectivity index (χ4v) is 0.820. The van der Waals surface area contributed by atoms with Gasteiger partial charge in [-0.1, -0.05) is 0 Å². The average Bonchev–Trinajstić information content (AvgIpc) is 1.94. The van der Waals surface area contributed by atoms with Crippen LogP contribution in [0.1, 0.15) is 6.92 Å². The van der Waals surface area contributed by atoms with Crippen LogP contribution in [0.3, 0.4) is 0 Å². The molecule has 1 rings (SSSR count). The zero-order valence-electron chi connectivity index (χ0n) is 6.07. The second-order valence-corrected chi connectivity index (χ2v) is 2.35. The summed E-state index contributed by atoms with van der Waals surface area (Å²) >= 11 is 0. The molecule has 4 heteroatoms. The minimum absolute atomic E-state index is 0.257. The van der Waals surface area contributed by atoms with E-state index in [0.717, 1.165) is 0 Å². The molecule has 0 saturated carbocycles. The maximum atomic E-state index is 11.1. The molecule has 2 N–H and O–H groups in total. The van der Waals surface area contributed by atoms with Crippen molar-refractivity contribution in [3.63, 3.8) is 0 Å². The second kappa shape index (κ2) is 2.65. The van der Waals surface area contributed by atoms with E-state index < -0.39 is 11.8 Å². The van der Waals surface area contributed by atoms with Crippen LogP contribution in [0.2, 0.25) is 0 Å². The standard InChI is InChI=1S/C7H8N2O2/c1-4-2-9-3-5(6(4)10)7(8)11/h2-3,5H,1H3,(H2,8,11). The zero-order valence-corrected chi connectivity index (χ0v) is 6.07. The van der Waals surface area contributed by atoms with Crippen LogP contribution in [0.25, 0.3) is 0 Å². The number of aliphatic imine (C=N–C) groups is 1. The van der Waals surface area contributed by atoms with E-state index in [1.54, 1.807) is 6.92 Å². The van der Waals surface area contributed by atoms with Gasteiger partial charge in [-0.3, -0.25) is 14.6 Å². The lowest BCUT2D eigenvalue weighted by atomic mass is 9.98. The Morgan fingerprint density at radius 2 is 2.36 bits per heavy atom. The van der Waals surface area contributed by atoms with Crippen molar-refractivity contribution in [2.45, 2.75) is 6.92 Å². The summed E-state index contributed by atoms with van der Waals surface area (Å²) in [5, 5.41) is 0. The minimum Gasteiger partial charge on any atom is -0.369 e. The van der Waals surface area contributed by atoms with Crippen LogP contribution in [-0.4, -0.2) is 17.9 Å². The first-order valence-corrected chi connectivity index (χ1v) is 3.16. The minimum atomic E-state index is -0.861. The molecule has 1 heterocycles. The molecular formula is C7H8N2O2. The number of carbonyl (C=O) groups is 2. The topological polar surface area (TPSA) is 72.5 Å². The molecular weight excluding hydrogens is 144 g/mol. The molecule has 0 aromatic heterocycles. The number of allylic oxidation sites excluding steroid dienone is 1. The fraction of sp³-hybridized carbons (Fsp3) is 0.286. The SMILES string of the molecule is CC1=CN=CC(C(N)=O)C1=O. The third kappa shape index (κ3) is 1.34. The van der Waals surface area contributed by atoms with Crippen molar-refractivity contribution in [3.8, 4) is 0 Å². The Hall–Kier alpha value is -1.45. The van der Waals surface area contributed by atoms with E-state index in [1.807, 2.05) is 0 Å². The van der Waals surface area contributed by atoms with Crippen LogP contribution in [-0.2, 0) is 9.59 Å². The number of nitrogens with two attached hydrogens (primary N) is 1. The van der Waals surface area contributed by atoms with Gasteiger partial charge < -0.3 is 5.73 Å². The van der Waals surface area contributed by atoms with Crippen LogP contribution in [0.15, 0.2) is 16.8 Å². The summed E-state index contributed by atoms with van der Waals surface area (Å²) in [5.74, 6) is -1.77. The molecule has 0 radical (unpaired) electrons. The van der Waals surface area contributed by atoms with Crippen molar-refractivity contribution in [3.05, 3.63) is 11.8 Å². The maximum Gasteiger partial charge on any atom is 0.233 e. The molecule has 0 bridgehead atoms. The molecule has 4 nitrogen and oxygen atoms in total. The van der Waals surface area contributed by atoms with Crippen LogP contribution in [0.4, 0.5) is 0 Å². The summed E-state index contributed by atoms with van der Waals surface area (Å²) < 4.78 is 0. The molecule has 1 atom stereocenters. The molecule has 0 aromatic carbocycles. The summed E-state index contributed by atoms with van der Waals surface area (Å²) in [4.78, 5) is 25.4. The van der Waals surface area contributed by atoms with Gasteiger partial charge in [0.1, 0.15) is 5.92 Å². The summed E-state index contributed by atoms with van der Waals surface area (Å²) in [5.41, 5.74) is 5.41. The summed E-state index contributed by atoms with van der Waals surface area (Å²) in [7, 11) is 0. The predicted octanol–water partition coefficient (Wildman–Crippen LogP) is -0.355. The van der Waals surface area contributed by atoms with E-state index in [4.69, 9.17) is 5.73 Å². The van der Waals surface area contributed by atoms with Gasteiger partial charge in [-0.25, -0.2) is 0 Å². The number of rotatable bonds is 1. The quantitative estimate of drug-likeness (QED) is 0.521. The van der Waals surface area contributed by atoms with E-state index in [9.17, 15) is 9.59 Å². The first-order chi connectivity index (χ1) is 5.13. The molecule has 1 aliphatic rings. The Labute approximate surface area is 63.8 Å². The lowest BCUT2D eigenvalue weighted by Gasteiger charge is -2.09. The smallest absolute Gasteiger partial charge is 0.233 e. The van der Waals surface area contributed by atoms with E-state index in [0.29, 0.717) is 5.57 Å². The molecule has 0 aliphatic carbocycles. The van der Waals surface area contributed by atoms with Crippen molar-refractivity contribution in [1.29, 1.82) is 0 Å². The number of carbonyl (C=O) groups excluding carboxylic acids is 2. The average molecular weight is 152 g/mol. The molecule has 1 aliphatic heterocycles. The van der Waals surface area contributed by atoms with Gasteiger partial charge in [-0.15, -0.1) is 0 Å². The maximum absolute atomic E-state index is 11.1. The van der Waals surface area contributed by atoms with Gasteiger partial charge in [0.05, 0.1) is 0 Å². The molecule has 0 saturated heterocycles. The van der Waals surface area contributed by atoms with E-state index in [2.05, 4.69) is 4.99 Å². The number of amides is 1. The van der Waals surface area contributed by atoms with Crippen LogP contribution < -0.4 is 5.73 Å². The first kappa shape index (κ1) is 7.65. The van der Waals surface area contributed by atoms with E-state index in [1.165, 1.54) is 12.4 Å². The molecule has 58 valence electrons. The molecule has 1 amide bonds. The third-order valence-corrected chi connectivity index (χ3v) is 1.48. The largest absolute Gasteiger partial charge is 0.369 e. The molecule has 1 unspecified atom stereocenters. The van der Waals surface area contributed by atoms with Crippen molar-refractivity contribution in [2.75, 3.05) is 0 Å². The van der Waals surface area contributed by atoms with Crippen molar-refractivity contribution >= 4 is 17.9 Å². The third-order valence-electron chi connectivity index (χ3n) is 1.48. The number of hydrogen-bond donors (Lipinski definition) is 1. The molecule has 0 spiro atoms. The summed E-state index contributed by atoms with van der Waals surface area (Å²) in [6, 6.07) is 0. The highest BCUT2D eigenvalue weighted by Crippen LogP contribution is 2.09. The summed E-state index contributed by atoms with van der Waals surface area (Å²) in [6.45, 7) is 1.61. The molecule has 11 heavy (non-hydrogen) atoms. The second-order valence-electron chi connectivity index (χ2n) is 2.35. The lowest BCUT2D eigenvalue weighted by Crippen LogP contribution is -2.33. The molecule has 0 aromatic rings. The Morgan fingerprint density at radius 3 is 2.82 bits per heavy atom. The highest BCUT2D eigenvalue weighted by atomic mass is 16.2. The highest BCUT2D eigenvalue weighted by Gasteiger charge is 2.25. The van der Waals surface area contributed by atoms with Gasteiger partial charge in [-0.05, 0) is 6.92 Å². The highest BCUT2D eigenvalue weighted by molar-refractivity contribution is 6.20. The Kier molecular flexibility index (Phi) is 1.85. The van der Waals surface area contributed by atoms with Crippen LogP contribution in [0, 0.1) is 5.92 Å².